The first-order chi connectivity index (χ1) is 10.3. The van der Waals surface area contributed by atoms with Crippen molar-refractivity contribution in [1.29, 1.82) is 0 Å². The molecule has 3 saturated heterocycles. The van der Waals surface area contributed by atoms with Crippen molar-refractivity contribution in [3.8, 4) is 0 Å². The lowest BCUT2D eigenvalue weighted by atomic mass is 9.95. The zero-order chi connectivity index (χ0) is 14.2. The van der Waals surface area contributed by atoms with Gasteiger partial charge in [-0.2, -0.15) is 0 Å². The Kier molecular flexibility index (Phi) is 3.39. The zero-order valence-corrected chi connectivity index (χ0v) is 12.0. The Morgan fingerprint density at radius 1 is 1.43 bits per heavy atom. The first-order valence-corrected chi connectivity index (χ1v) is 7.88. The molecule has 2 N–H and O–H groups in total. The molecule has 21 heavy (non-hydrogen) atoms. The summed E-state index contributed by atoms with van der Waals surface area (Å²) in [6.45, 7) is 1.95. The standard InChI is InChI=1S/C14H21N5O2/c20-14(16-11-6-10-3-4-13(11)21-10)12-8-19(18-17-12)9-2-1-5-15-7-9/h8-11,13,15H,1-7H2,(H,16,20). The summed E-state index contributed by atoms with van der Waals surface area (Å²) in [5.41, 5.74) is 0.406. The van der Waals surface area contributed by atoms with E-state index in [9.17, 15) is 4.79 Å². The number of piperidine rings is 1. The number of hydrogen-bond acceptors (Lipinski definition) is 5. The van der Waals surface area contributed by atoms with Gasteiger partial charge in [-0.3, -0.25) is 4.79 Å². The molecular formula is C14H21N5O2. The molecule has 2 bridgehead atoms. The summed E-state index contributed by atoms with van der Waals surface area (Å²) in [5.74, 6) is -0.133. The fourth-order valence-electron chi connectivity index (χ4n) is 3.65. The molecular weight excluding hydrogens is 270 g/mol. The summed E-state index contributed by atoms with van der Waals surface area (Å²) in [5, 5.41) is 14.5. The van der Waals surface area contributed by atoms with Crippen LogP contribution >= 0.6 is 0 Å². The fourth-order valence-corrected chi connectivity index (χ4v) is 3.65. The van der Waals surface area contributed by atoms with E-state index in [1.54, 1.807) is 6.20 Å². The molecule has 4 heterocycles. The number of rotatable bonds is 3. The predicted molar refractivity (Wildman–Crippen MR) is 74.9 cm³/mol. The number of nitrogens with one attached hydrogen (secondary N) is 2. The summed E-state index contributed by atoms with van der Waals surface area (Å²) in [7, 11) is 0. The Morgan fingerprint density at radius 2 is 2.38 bits per heavy atom. The summed E-state index contributed by atoms with van der Waals surface area (Å²) >= 11 is 0. The number of amides is 1. The van der Waals surface area contributed by atoms with Gasteiger partial charge in [-0.25, -0.2) is 4.68 Å². The predicted octanol–water partition coefficient (Wildman–Crippen LogP) is 0.252. The fraction of sp³-hybridized carbons (Fsp3) is 0.786. The Hall–Kier alpha value is -1.47. The lowest BCUT2D eigenvalue weighted by Gasteiger charge is -2.22. The molecule has 0 radical (unpaired) electrons. The highest BCUT2D eigenvalue weighted by Gasteiger charge is 2.41. The van der Waals surface area contributed by atoms with Crippen LogP contribution in [0.1, 0.15) is 48.6 Å². The minimum Gasteiger partial charge on any atom is -0.373 e. The summed E-state index contributed by atoms with van der Waals surface area (Å²) in [6.07, 6.45) is 7.61. The minimum atomic E-state index is -0.133. The summed E-state index contributed by atoms with van der Waals surface area (Å²) < 4.78 is 7.58. The van der Waals surface area contributed by atoms with Crippen molar-refractivity contribution in [2.24, 2.45) is 0 Å². The van der Waals surface area contributed by atoms with Gasteiger partial charge in [0, 0.05) is 6.54 Å². The molecule has 3 aliphatic heterocycles. The number of nitrogens with zero attached hydrogens (tertiary/aromatic N) is 3. The van der Waals surface area contributed by atoms with Crippen molar-refractivity contribution in [3.05, 3.63) is 11.9 Å². The van der Waals surface area contributed by atoms with Crippen LogP contribution in [0.5, 0.6) is 0 Å². The van der Waals surface area contributed by atoms with Crippen LogP contribution in [0, 0.1) is 0 Å². The van der Waals surface area contributed by atoms with Gasteiger partial charge in [0.15, 0.2) is 5.69 Å². The molecule has 114 valence electrons. The second kappa shape index (κ2) is 5.38. The largest absolute Gasteiger partial charge is 0.373 e. The summed E-state index contributed by atoms with van der Waals surface area (Å²) in [4.78, 5) is 12.3. The van der Waals surface area contributed by atoms with Crippen LogP contribution in [0.15, 0.2) is 6.20 Å². The maximum atomic E-state index is 12.3. The second-order valence-electron chi connectivity index (χ2n) is 6.27. The van der Waals surface area contributed by atoms with Crippen molar-refractivity contribution < 1.29 is 9.53 Å². The maximum Gasteiger partial charge on any atom is 0.273 e. The van der Waals surface area contributed by atoms with E-state index >= 15 is 0 Å². The Labute approximate surface area is 123 Å². The third kappa shape index (κ3) is 2.55. The molecule has 4 rings (SSSR count). The number of aromatic nitrogens is 3. The number of hydrogen-bond donors (Lipinski definition) is 2. The van der Waals surface area contributed by atoms with Crippen LogP contribution in [0.25, 0.3) is 0 Å². The normalized spacial score (nSPS) is 35.0. The third-order valence-electron chi connectivity index (χ3n) is 4.81. The molecule has 3 aliphatic rings. The van der Waals surface area contributed by atoms with E-state index in [1.165, 1.54) is 0 Å². The van der Waals surface area contributed by atoms with Crippen molar-refractivity contribution >= 4 is 5.91 Å². The van der Waals surface area contributed by atoms with E-state index in [4.69, 9.17) is 4.74 Å². The highest BCUT2D eigenvalue weighted by molar-refractivity contribution is 5.92. The van der Waals surface area contributed by atoms with E-state index in [1.807, 2.05) is 4.68 Å². The van der Waals surface area contributed by atoms with Gasteiger partial charge in [-0.1, -0.05) is 5.21 Å². The highest BCUT2D eigenvalue weighted by atomic mass is 16.5. The number of carbonyl (C=O) groups excluding carboxylic acids is 1. The van der Waals surface area contributed by atoms with E-state index in [0.29, 0.717) is 17.8 Å². The number of ether oxygens (including phenoxy) is 1. The minimum absolute atomic E-state index is 0.133. The van der Waals surface area contributed by atoms with Crippen molar-refractivity contribution in [3.63, 3.8) is 0 Å². The number of carbonyl (C=O) groups is 1. The van der Waals surface area contributed by atoms with Gasteiger partial charge in [-0.05, 0) is 38.6 Å². The summed E-state index contributed by atoms with van der Waals surface area (Å²) in [6, 6.07) is 0.441. The average molecular weight is 291 g/mol. The highest BCUT2D eigenvalue weighted by Crippen LogP contribution is 2.34. The lowest BCUT2D eigenvalue weighted by molar-refractivity contribution is 0.0837. The van der Waals surface area contributed by atoms with Crippen LogP contribution in [0.4, 0.5) is 0 Å². The molecule has 0 saturated carbocycles. The zero-order valence-electron chi connectivity index (χ0n) is 12.0. The van der Waals surface area contributed by atoms with Crippen molar-refractivity contribution in [1.82, 2.24) is 25.6 Å². The molecule has 3 fully saturated rings. The van der Waals surface area contributed by atoms with Crippen LogP contribution in [-0.4, -0.2) is 52.2 Å². The van der Waals surface area contributed by atoms with Crippen molar-refractivity contribution in [2.45, 2.75) is 56.4 Å². The Bertz CT molecular complexity index is 525. The second-order valence-corrected chi connectivity index (χ2v) is 6.27. The van der Waals surface area contributed by atoms with Crippen LogP contribution in [-0.2, 0) is 4.74 Å². The molecule has 7 nitrogen and oxygen atoms in total. The molecule has 1 aromatic heterocycles. The van der Waals surface area contributed by atoms with Crippen molar-refractivity contribution in [2.75, 3.05) is 13.1 Å². The average Bonchev–Trinajstić information content (AvgIpc) is 3.24. The van der Waals surface area contributed by atoms with E-state index in [0.717, 1.165) is 45.2 Å². The molecule has 0 aromatic carbocycles. The van der Waals surface area contributed by atoms with Gasteiger partial charge in [0.25, 0.3) is 5.91 Å². The maximum absolute atomic E-state index is 12.3. The molecule has 0 aliphatic carbocycles. The van der Waals surface area contributed by atoms with Gasteiger partial charge in [0.2, 0.25) is 0 Å². The van der Waals surface area contributed by atoms with Gasteiger partial charge >= 0.3 is 0 Å². The molecule has 1 amide bonds. The first-order valence-electron chi connectivity index (χ1n) is 7.88. The Balaban J connectivity index is 1.39. The molecule has 1 aromatic rings. The molecule has 4 atom stereocenters. The molecule has 0 spiro atoms. The van der Waals surface area contributed by atoms with Crippen LogP contribution < -0.4 is 10.6 Å². The first kappa shape index (κ1) is 13.2. The molecule has 7 heteroatoms. The van der Waals surface area contributed by atoms with Gasteiger partial charge in [-0.15, -0.1) is 5.10 Å². The van der Waals surface area contributed by atoms with Crippen LogP contribution in [0.2, 0.25) is 0 Å². The van der Waals surface area contributed by atoms with E-state index < -0.39 is 0 Å². The van der Waals surface area contributed by atoms with Gasteiger partial charge in [0.05, 0.1) is 30.5 Å². The number of fused-ring (bicyclic) bond motifs is 2. The quantitative estimate of drug-likeness (QED) is 0.834. The third-order valence-corrected chi connectivity index (χ3v) is 4.81. The SMILES string of the molecule is O=C(NC1CC2CCC1O2)c1cn(C2CCCNC2)nn1. The molecule has 4 unspecified atom stereocenters. The monoisotopic (exact) mass is 291 g/mol. The van der Waals surface area contributed by atoms with Gasteiger partial charge in [0.1, 0.15) is 0 Å². The van der Waals surface area contributed by atoms with E-state index in [-0.39, 0.29) is 18.1 Å². The topological polar surface area (TPSA) is 81.1 Å². The van der Waals surface area contributed by atoms with E-state index in [2.05, 4.69) is 20.9 Å². The lowest BCUT2D eigenvalue weighted by Crippen LogP contribution is -2.41. The Morgan fingerprint density at radius 3 is 3.10 bits per heavy atom. The van der Waals surface area contributed by atoms with Gasteiger partial charge < -0.3 is 15.4 Å². The smallest absolute Gasteiger partial charge is 0.273 e. The van der Waals surface area contributed by atoms with Crippen LogP contribution in [0.3, 0.4) is 0 Å².